The van der Waals surface area contributed by atoms with Crippen LogP contribution in [0.5, 0.6) is 0 Å². The normalized spacial score (nSPS) is 12.8. The van der Waals surface area contributed by atoms with Crippen LogP contribution >= 0.6 is 0 Å². The SMILES string of the molecule is CCCC(OC(F)F)C(=O)c1ccccc1. The second-order valence-corrected chi connectivity index (χ2v) is 3.40. The van der Waals surface area contributed by atoms with Gasteiger partial charge in [-0.15, -0.1) is 0 Å². The van der Waals surface area contributed by atoms with Crippen molar-refractivity contribution in [1.29, 1.82) is 0 Å². The first kappa shape index (κ1) is 12.8. The van der Waals surface area contributed by atoms with E-state index in [4.69, 9.17) is 0 Å². The molecule has 0 N–H and O–H groups in total. The van der Waals surface area contributed by atoms with Crippen molar-refractivity contribution in [1.82, 2.24) is 0 Å². The maximum absolute atomic E-state index is 12.1. The van der Waals surface area contributed by atoms with Crippen molar-refractivity contribution in [2.45, 2.75) is 32.5 Å². The van der Waals surface area contributed by atoms with E-state index >= 15 is 0 Å². The molecule has 0 heterocycles. The monoisotopic (exact) mass is 228 g/mol. The molecule has 0 aliphatic carbocycles. The number of benzene rings is 1. The first-order valence-corrected chi connectivity index (χ1v) is 5.18. The van der Waals surface area contributed by atoms with Crippen LogP contribution in [0.2, 0.25) is 0 Å². The number of ketones is 1. The highest BCUT2D eigenvalue weighted by atomic mass is 19.3. The number of ether oxygens (including phenoxy) is 1. The standard InChI is InChI=1S/C12H14F2O2/c1-2-6-10(16-12(13)14)11(15)9-7-4-3-5-8-9/h3-5,7-8,10,12H,2,6H2,1H3. The van der Waals surface area contributed by atoms with E-state index in [0.29, 0.717) is 18.4 Å². The van der Waals surface area contributed by atoms with Crippen LogP contribution in [0.1, 0.15) is 30.1 Å². The maximum atomic E-state index is 12.1. The molecule has 0 aliphatic heterocycles. The number of carbonyl (C=O) groups is 1. The van der Waals surface area contributed by atoms with Crippen molar-refractivity contribution in [3.8, 4) is 0 Å². The van der Waals surface area contributed by atoms with Gasteiger partial charge in [0.1, 0.15) is 6.10 Å². The molecule has 0 fully saturated rings. The van der Waals surface area contributed by atoms with E-state index in [1.165, 1.54) is 0 Å². The van der Waals surface area contributed by atoms with Gasteiger partial charge in [0.25, 0.3) is 0 Å². The van der Waals surface area contributed by atoms with Gasteiger partial charge in [-0.2, -0.15) is 8.78 Å². The zero-order valence-corrected chi connectivity index (χ0v) is 9.03. The van der Waals surface area contributed by atoms with Gasteiger partial charge in [-0.05, 0) is 6.42 Å². The van der Waals surface area contributed by atoms with Crippen molar-refractivity contribution in [3.63, 3.8) is 0 Å². The van der Waals surface area contributed by atoms with Gasteiger partial charge in [-0.3, -0.25) is 4.79 Å². The van der Waals surface area contributed by atoms with Crippen LogP contribution < -0.4 is 0 Å². The molecule has 1 unspecified atom stereocenters. The van der Waals surface area contributed by atoms with Crippen molar-refractivity contribution in [3.05, 3.63) is 35.9 Å². The number of halogens is 2. The third-order valence-corrected chi connectivity index (χ3v) is 2.17. The van der Waals surface area contributed by atoms with Crippen LogP contribution in [0.15, 0.2) is 30.3 Å². The Balaban J connectivity index is 2.74. The zero-order chi connectivity index (χ0) is 12.0. The highest BCUT2D eigenvalue weighted by Gasteiger charge is 2.23. The van der Waals surface area contributed by atoms with Crippen LogP contribution in [0, 0.1) is 0 Å². The molecule has 1 aromatic rings. The van der Waals surface area contributed by atoms with Gasteiger partial charge in [-0.25, -0.2) is 0 Å². The molecule has 2 nitrogen and oxygen atoms in total. The average Bonchev–Trinajstić information content (AvgIpc) is 2.28. The fourth-order valence-electron chi connectivity index (χ4n) is 1.44. The Morgan fingerprint density at radius 1 is 1.31 bits per heavy atom. The minimum atomic E-state index is -2.91. The van der Waals surface area contributed by atoms with Crippen LogP contribution in [0.4, 0.5) is 8.78 Å². The number of hydrogen-bond acceptors (Lipinski definition) is 2. The number of alkyl halides is 2. The van der Waals surface area contributed by atoms with E-state index in [0.717, 1.165) is 0 Å². The molecule has 1 rings (SSSR count). The molecule has 0 saturated carbocycles. The predicted octanol–water partition coefficient (Wildman–Crippen LogP) is 3.28. The summed E-state index contributed by atoms with van der Waals surface area (Å²) in [6, 6.07) is 8.34. The third kappa shape index (κ3) is 3.70. The largest absolute Gasteiger partial charge is 0.346 e. The maximum Gasteiger partial charge on any atom is 0.346 e. The van der Waals surface area contributed by atoms with Crippen molar-refractivity contribution < 1.29 is 18.3 Å². The van der Waals surface area contributed by atoms with E-state index in [2.05, 4.69) is 4.74 Å². The Hall–Kier alpha value is -1.29. The Morgan fingerprint density at radius 3 is 2.44 bits per heavy atom. The summed E-state index contributed by atoms with van der Waals surface area (Å²) in [6.07, 6.45) is -0.124. The van der Waals surface area contributed by atoms with E-state index in [1.807, 2.05) is 6.92 Å². The van der Waals surface area contributed by atoms with Gasteiger partial charge in [0.15, 0.2) is 5.78 Å². The molecule has 1 aromatic carbocycles. The Morgan fingerprint density at radius 2 is 1.94 bits per heavy atom. The number of hydrogen-bond donors (Lipinski definition) is 0. The highest BCUT2D eigenvalue weighted by molar-refractivity contribution is 5.99. The lowest BCUT2D eigenvalue weighted by atomic mass is 10.0. The van der Waals surface area contributed by atoms with Crippen molar-refractivity contribution >= 4 is 5.78 Å². The number of rotatable bonds is 6. The lowest BCUT2D eigenvalue weighted by molar-refractivity contribution is -0.151. The summed E-state index contributed by atoms with van der Waals surface area (Å²) < 4.78 is 28.5. The average molecular weight is 228 g/mol. The van der Waals surface area contributed by atoms with E-state index in [1.54, 1.807) is 30.3 Å². The fraction of sp³-hybridized carbons (Fsp3) is 0.417. The third-order valence-electron chi connectivity index (χ3n) is 2.17. The number of Topliss-reactive ketones (excluding diaryl/α,β-unsaturated/α-hetero) is 1. The lowest BCUT2D eigenvalue weighted by Crippen LogP contribution is -2.26. The van der Waals surface area contributed by atoms with Crippen LogP contribution in [0.25, 0.3) is 0 Å². The molecule has 88 valence electrons. The van der Waals surface area contributed by atoms with Crippen LogP contribution in [-0.2, 0) is 4.74 Å². The van der Waals surface area contributed by atoms with E-state index < -0.39 is 12.7 Å². The Bertz CT molecular complexity index is 325. The van der Waals surface area contributed by atoms with Gasteiger partial charge in [-0.1, -0.05) is 43.7 Å². The van der Waals surface area contributed by atoms with Crippen LogP contribution in [-0.4, -0.2) is 18.5 Å². The molecule has 0 spiro atoms. The molecule has 1 atom stereocenters. The minimum absolute atomic E-state index is 0.304. The van der Waals surface area contributed by atoms with Gasteiger partial charge in [0.2, 0.25) is 0 Å². The van der Waals surface area contributed by atoms with Gasteiger partial charge >= 0.3 is 6.61 Å². The number of carbonyl (C=O) groups excluding carboxylic acids is 1. The summed E-state index contributed by atoms with van der Waals surface area (Å²) in [6.45, 7) is -1.09. The summed E-state index contributed by atoms with van der Waals surface area (Å²) in [7, 11) is 0. The lowest BCUT2D eigenvalue weighted by Gasteiger charge is -2.15. The molecule has 0 aliphatic rings. The first-order chi connectivity index (χ1) is 7.65. The van der Waals surface area contributed by atoms with E-state index in [-0.39, 0.29) is 5.78 Å². The predicted molar refractivity (Wildman–Crippen MR) is 56.6 cm³/mol. The van der Waals surface area contributed by atoms with Gasteiger partial charge < -0.3 is 4.74 Å². The molecule has 0 bridgehead atoms. The second kappa shape index (κ2) is 6.33. The first-order valence-electron chi connectivity index (χ1n) is 5.18. The fourth-order valence-corrected chi connectivity index (χ4v) is 1.44. The molecule has 0 radical (unpaired) electrons. The molecular formula is C12H14F2O2. The quantitative estimate of drug-likeness (QED) is 0.698. The van der Waals surface area contributed by atoms with Crippen LogP contribution in [0.3, 0.4) is 0 Å². The molecule has 0 saturated heterocycles. The molecule has 4 heteroatoms. The Kier molecular flexibility index (Phi) is 5.05. The molecule has 0 amide bonds. The smallest absolute Gasteiger partial charge is 0.311 e. The molecular weight excluding hydrogens is 214 g/mol. The highest BCUT2D eigenvalue weighted by Crippen LogP contribution is 2.14. The van der Waals surface area contributed by atoms with Gasteiger partial charge in [0, 0.05) is 5.56 Å². The minimum Gasteiger partial charge on any atom is -0.311 e. The van der Waals surface area contributed by atoms with Crippen molar-refractivity contribution in [2.24, 2.45) is 0 Å². The topological polar surface area (TPSA) is 26.3 Å². The van der Waals surface area contributed by atoms with E-state index in [9.17, 15) is 13.6 Å². The van der Waals surface area contributed by atoms with Gasteiger partial charge in [0.05, 0.1) is 0 Å². The zero-order valence-electron chi connectivity index (χ0n) is 9.03. The van der Waals surface area contributed by atoms with Crippen molar-refractivity contribution in [2.75, 3.05) is 0 Å². The second-order valence-electron chi connectivity index (χ2n) is 3.40. The summed E-state index contributed by atoms with van der Waals surface area (Å²) in [5.74, 6) is -0.386. The molecule has 0 aromatic heterocycles. The summed E-state index contributed by atoms with van der Waals surface area (Å²) in [5, 5.41) is 0. The summed E-state index contributed by atoms with van der Waals surface area (Å²) in [5.41, 5.74) is 0.404. The summed E-state index contributed by atoms with van der Waals surface area (Å²) in [4.78, 5) is 11.8. The molecule has 16 heavy (non-hydrogen) atoms. The summed E-state index contributed by atoms with van der Waals surface area (Å²) >= 11 is 0. The Labute approximate surface area is 93.2 Å².